The highest BCUT2D eigenvalue weighted by molar-refractivity contribution is 7.18. The van der Waals surface area contributed by atoms with Gasteiger partial charge in [-0.25, -0.2) is 14.0 Å². The number of hydrogen-bond donors (Lipinski definition) is 1. The summed E-state index contributed by atoms with van der Waals surface area (Å²) in [6, 6.07) is 2.59. The Morgan fingerprint density at radius 3 is 2.57 bits per heavy atom. The van der Waals surface area contributed by atoms with Gasteiger partial charge < -0.3 is 19.9 Å². The lowest BCUT2D eigenvalue weighted by Crippen LogP contribution is -2.12. The van der Waals surface area contributed by atoms with Crippen molar-refractivity contribution in [2.75, 3.05) is 20.0 Å². The first-order chi connectivity index (χ1) is 13.3. The van der Waals surface area contributed by atoms with Crippen LogP contribution >= 0.6 is 11.3 Å². The molecule has 1 aliphatic carbocycles. The molecular formula is C19H18FNO6S. The fraction of sp³-hybridized carbons (Fsp3) is 0.316. The molecule has 0 saturated carbocycles. The zero-order valence-electron chi connectivity index (χ0n) is 15.5. The molecular weight excluding hydrogens is 389 g/mol. The number of nitrogen functional groups attached to an aromatic ring is 1. The quantitative estimate of drug-likeness (QED) is 0.758. The van der Waals surface area contributed by atoms with Crippen molar-refractivity contribution in [1.82, 2.24) is 0 Å². The van der Waals surface area contributed by atoms with Gasteiger partial charge in [-0.15, -0.1) is 11.3 Å². The third kappa shape index (κ3) is 3.22. The first kappa shape index (κ1) is 19.8. The van der Waals surface area contributed by atoms with Gasteiger partial charge in [0.25, 0.3) is 0 Å². The van der Waals surface area contributed by atoms with Gasteiger partial charge in [0.2, 0.25) is 0 Å². The molecule has 2 aromatic rings. The summed E-state index contributed by atoms with van der Waals surface area (Å²) in [5, 5.41) is 0.0832. The van der Waals surface area contributed by atoms with Crippen molar-refractivity contribution in [3.63, 3.8) is 0 Å². The minimum absolute atomic E-state index is 0.00588. The van der Waals surface area contributed by atoms with E-state index in [-0.39, 0.29) is 57.0 Å². The Kier molecular flexibility index (Phi) is 5.37. The number of carbonyl (C=O) groups excluding carboxylic acids is 3. The normalized spacial score (nSPS) is 15.3. The minimum atomic E-state index is -0.725. The van der Waals surface area contributed by atoms with E-state index in [2.05, 4.69) is 0 Å². The second-order valence-corrected chi connectivity index (χ2v) is 7.34. The zero-order chi connectivity index (χ0) is 20.6. The number of ketones is 1. The molecule has 0 aliphatic heterocycles. The van der Waals surface area contributed by atoms with E-state index in [4.69, 9.17) is 19.9 Å². The Morgan fingerprint density at radius 1 is 1.25 bits per heavy atom. The van der Waals surface area contributed by atoms with E-state index in [0.29, 0.717) is 5.56 Å². The number of nitrogens with two attached hydrogens (primary N) is 1. The van der Waals surface area contributed by atoms with Gasteiger partial charge >= 0.3 is 11.9 Å². The van der Waals surface area contributed by atoms with Crippen molar-refractivity contribution in [1.29, 1.82) is 0 Å². The molecule has 0 radical (unpaired) electrons. The van der Waals surface area contributed by atoms with Crippen molar-refractivity contribution in [3.8, 4) is 5.75 Å². The van der Waals surface area contributed by atoms with Crippen LogP contribution in [0.3, 0.4) is 0 Å². The lowest BCUT2D eigenvalue weighted by Gasteiger charge is -2.13. The third-order valence-corrected chi connectivity index (χ3v) is 5.63. The Balaban J connectivity index is 2.01. The topological polar surface area (TPSA) is 105 Å². The summed E-state index contributed by atoms with van der Waals surface area (Å²) in [6.45, 7) is 1.52. The molecule has 0 spiro atoms. The molecule has 1 aromatic carbocycles. The van der Waals surface area contributed by atoms with E-state index in [1.54, 1.807) is 6.92 Å². The zero-order valence-corrected chi connectivity index (χ0v) is 16.3. The molecule has 0 bridgehead atoms. The molecule has 0 fully saturated rings. The Labute approximate surface area is 164 Å². The number of fused-ring (bicyclic) bond motifs is 1. The highest BCUT2D eigenvalue weighted by atomic mass is 32.1. The smallest absolute Gasteiger partial charge is 0.348 e. The predicted molar refractivity (Wildman–Crippen MR) is 99.5 cm³/mol. The van der Waals surface area contributed by atoms with E-state index in [1.165, 1.54) is 26.4 Å². The number of anilines is 1. The number of thiophene rings is 1. The molecule has 148 valence electrons. The molecule has 3 rings (SSSR count). The van der Waals surface area contributed by atoms with Crippen LogP contribution in [0.5, 0.6) is 5.75 Å². The van der Waals surface area contributed by atoms with Crippen LogP contribution in [-0.2, 0) is 16.1 Å². The number of Topliss-reactive ketones (excluding diaryl/α,β-unsaturated/α-hetero) is 1. The van der Waals surface area contributed by atoms with Crippen LogP contribution in [0.1, 0.15) is 60.8 Å². The van der Waals surface area contributed by atoms with Crippen molar-refractivity contribution in [3.05, 3.63) is 45.1 Å². The summed E-state index contributed by atoms with van der Waals surface area (Å²) in [5.74, 6) is -2.16. The van der Waals surface area contributed by atoms with Crippen LogP contribution in [-0.4, -0.2) is 31.9 Å². The van der Waals surface area contributed by atoms with E-state index in [1.807, 2.05) is 0 Å². The van der Waals surface area contributed by atoms with Crippen LogP contribution < -0.4 is 10.5 Å². The molecule has 1 atom stereocenters. The van der Waals surface area contributed by atoms with Crippen LogP contribution in [0.15, 0.2) is 12.1 Å². The number of benzene rings is 1. The number of methoxy groups -OCH3 is 2. The molecule has 0 amide bonds. The van der Waals surface area contributed by atoms with Crippen LogP contribution in [0.25, 0.3) is 0 Å². The summed E-state index contributed by atoms with van der Waals surface area (Å²) in [6.07, 6.45) is 0.193. The van der Waals surface area contributed by atoms with Crippen molar-refractivity contribution in [2.45, 2.75) is 25.9 Å². The summed E-state index contributed by atoms with van der Waals surface area (Å²) in [7, 11) is 2.39. The maximum absolute atomic E-state index is 14.1. The summed E-state index contributed by atoms with van der Waals surface area (Å²) < 4.78 is 29.4. The van der Waals surface area contributed by atoms with Gasteiger partial charge in [-0.3, -0.25) is 4.79 Å². The number of halogens is 1. The van der Waals surface area contributed by atoms with Gasteiger partial charge in [-0.1, -0.05) is 6.92 Å². The monoisotopic (exact) mass is 407 g/mol. The molecule has 28 heavy (non-hydrogen) atoms. The van der Waals surface area contributed by atoms with Gasteiger partial charge in [0.1, 0.15) is 33.6 Å². The van der Waals surface area contributed by atoms with E-state index < -0.39 is 17.8 Å². The highest BCUT2D eigenvalue weighted by Crippen LogP contribution is 2.40. The SMILES string of the molecule is COC(=O)c1sc(N)c(C(=O)OC)c1COc1ccc(F)c2c1C(=O)C[C@@H]2C. The standard InChI is InChI=1S/C19H18FNO6S/c1-8-6-11(22)15-12(5-4-10(20)13(8)15)27-7-9-14(18(23)25-2)17(21)28-16(9)19(24)26-3/h4-5,8H,6-7,21H2,1-3H3/t8-/m0/s1. The molecule has 2 N–H and O–H groups in total. The van der Waals surface area contributed by atoms with Crippen LogP contribution in [0, 0.1) is 5.82 Å². The van der Waals surface area contributed by atoms with E-state index in [0.717, 1.165) is 11.3 Å². The summed E-state index contributed by atoms with van der Waals surface area (Å²) >= 11 is 0.877. The fourth-order valence-electron chi connectivity index (χ4n) is 3.30. The second kappa shape index (κ2) is 7.59. The predicted octanol–water partition coefficient (Wildman–Crippen LogP) is 3.31. The molecule has 7 nitrogen and oxygen atoms in total. The van der Waals surface area contributed by atoms with Crippen molar-refractivity contribution >= 4 is 34.1 Å². The van der Waals surface area contributed by atoms with Gasteiger partial charge in [-0.05, 0) is 18.1 Å². The average molecular weight is 407 g/mol. The lowest BCUT2D eigenvalue weighted by molar-refractivity contribution is 0.0598. The van der Waals surface area contributed by atoms with Gasteiger partial charge in [0.15, 0.2) is 5.78 Å². The van der Waals surface area contributed by atoms with E-state index >= 15 is 0 Å². The second-order valence-electron chi connectivity index (χ2n) is 6.28. The molecule has 0 unspecified atom stereocenters. The number of carbonyl (C=O) groups is 3. The van der Waals surface area contributed by atoms with Gasteiger partial charge in [0, 0.05) is 17.5 Å². The Morgan fingerprint density at radius 2 is 1.93 bits per heavy atom. The maximum Gasteiger partial charge on any atom is 0.348 e. The first-order valence-electron chi connectivity index (χ1n) is 8.36. The molecule has 9 heteroatoms. The van der Waals surface area contributed by atoms with E-state index in [9.17, 15) is 18.8 Å². The van der Waals surface area contributed by atoms with Crippen molar-refractivity contribution in [2.24, 2.45) is 0 Å². The van der Waals surface area contributed by atoms with Crippen LogP contribution in [0.2, 0.25) is 0 Å². The third-order valence-electron chi connectivity index (χ3n) is 4.58. The largest absolute Gasteiger partial charge is 0.488 e. The minimum Gasteiger partial charge on any atom is -0.488 e. The Hall–Kier alpha value is -2.94. The maximum atomic E-state index is 14.1. The first-order valence-corrected chi connectivity index (χ1v) is 9.17. The van der Waals surface area contributed by atoms with Crippen molar-refractivity contribution < 1.29 is 33.0 Å². The number of hydrogen-bond acceptors (Lipinski definition) is 8. The number of ether oxygens (including phenoxy) is 3. The Bertz CT molecular complexity index is 983. The average Bonchev–Trinajstić information content (AvgIpc) is 3.16. The molecule has 1 heterocycles. The number of esters is 2. The lowest BCUT2D eigenvalue weighted by atomic mass is 10.0. The van der Waals surface area contributed by atoms with Gasteiger partial charge in [-0.2, -0.15) is 0 Å². The molecule has 1 aromatic heterocycles. The molecule has 0 saturated heterocycles. The summed E-state index contributed by atoms with van der Waals surface area (Å²) in [5.41, 5.74) is 6.58. The fourth-order valence-corrected chi connectivity index (χ4v) is 4.28. The van der Waals surface area contributed by atoms with Crippen LogP contribution in [0.4, 0.5) is 9.39 Å². The molecule has 1 aliphatic rings. The number of rotatable bonds is 5. The highest BCUT2D eigenvalue weighted by Gasteiger charge is 2.33. The van der Waals surface area contributed by atoms with Gasteiger partial charge in [0.05, 0.1) is 19.8 Å². The summed E-state index contributed by atoms with van der Waals surface area (Å²) in [4.78, 5) is 36.6.